The molecule has 1 spiro atoms. The monoisotopic (exact) mass is 412 g/mol. The van der Waals surface area contributed by atoms with Gasteiger partial charge in [0.05, 0.1) is 6.61 Å². The molecule has 166 valence electrons. The summed E-state index contributed by atoms with van der Waals surface area (Å²) in [4.78, 5) is 17.3. The molecular formula is C26H40N2O2. The highest BCUT2D eigenvalue weighted by Gasteiger charge is 2.42. The van der Waals surface area contributed by atoms with E-state index < -0.39 is 0 Å². The summed E-state index contributed by atoms with van der Waals surface area (Å²) in [5.41, 5.74) is 3.64. The molecule has 1 aliphatic carbocycles. The Kier molecular flexibility index (Phi) is 6.72. The zero-order valence-corrected chi connectivity index (χ0v) is 19.2. The SMILES string of the molecule is CCOC(=O)N1C(C)CCC1CC(CC)N1CCC2(CCCc3ccccc32)CC1. The van der Waals surface area contributed by atoms with E-state index in [1.807, 2.05) is 11.8 Å². The van der Waals surface area contributed by atoms with Crippen LogP contribution in [-0.2, 0) is 16.6 Å². The molecule has 2 aliphatic heterocycles. The highest BCUT2D eigenvalue weighted by molar-refractivity contribution is 5.68. The lowest BCUT2D eigenvalue weighted by Gasteiger charge is -2.48. The van der Waals surface area contributed by atoms with Gasteiger partial charge in [-0.15, -0.1) is 0 Å². The number of carbonyl (C=O) groups is 1. The number of ether oxygens (including phenoxy) is 1. The summed E-state index contributed by atoms with van der Waals surface area (Å²) in [6, 6.07) is 10.4. The van der Waals surface area contributed by atoms with Crippen LogP contribution < -0.4 is 0 Å². The Morgan fingerprint density at radius 2 is 1.93 bits per heavy atom. The Morgan fingerprint density at radius 3 is 2.67 bits per heavy atom. The van der Waals surface area contributed by atoms with Crippen LogP contribution in [0, 0.1) is 0 Å². The van der Waals surface area contributed by atoms with Gasteiger partial charge in [0.25, 0.3) is 0 Å². The molecule has 3 atom stereocenters. The standard InChI is InChI=1S/C26H40N2O2/c1-4-22(19-23-13-12-20(3)28(23)25(29)30-5-2)27-17-15-26(16-18-27)14-8-10-21-9-6-7-11-24(21)26/h6-7,9,11,20,22-23H,4-5,8,10,12-19H2,1-3H3. The van der Waals surface area contributed by atoms with Crippen molar-refractivity contribution in [2.75, 3.05) is 19.7 Å². The van der Waals surface area contributed by atoms with Crippen molar-refractivity contribution in [1.29, 1.82) is 0 Å². The Morgan fingerprint density at radius 1 is 1.17 bits per heavy atom. The largest absolute Gasteiger partial charge is 0.450 e. The molecule has 0 aromatic heterocycles. The summed E-state index contributed by atoms with van der Waals surface area (Å²) in [5, 5.41) is 0. The summed E-state index contributed by atoms with van der Waals surface area (Å²) in [7, 11) is 0. The molecule has 4 rings (SSSR count). The Bertz CT molecular complexity index is 725. The van der Waals surface area contributed by atoms with Crippen molar-refractivity contribution in [1.82, 2.24) is 9.80 Å². The second-order valence-corrected chi connectivity index (χ2v) is 9.81. The van der Waals surface area contributed by atoms with Gasteiger partial charge in [-0.3, -0.25) is 0 Å². The van der Waals surface area contributed by atoms with Crippen molar-refractivity contribution in [3.05, 3.63) is 35.4 Å². The van der Waals surface area contributed by atoms with E-state index in [2.05, 4.69) is 43.0 Å². The van der Waals surface area contributed by atoms with Crippen molar-refractivity contribution in [3.8, 4) is 0 Å². The third-order valence-electron chi connectivity index (χ3n) is 8.24. The maximum Gasteiger partial charge on any atom is 0.410 e. The zero-order valence-electron chi connectivity index (χ0n) is 19.2. The highest BCUT2D eigenvalue weighted by atomic mass is 16.6. The van der Waals surface area contributed by atoms with Gasteiger partial charge in [-0.2, -0.15) is 0 Å². The number of carbonyl (C=O) groups excluding carboxylic acids is 1. The fourth-order valence-corrected chi connectivity index (χ4v) is 6.56. The van der Waals surface area contributed by atoms with Crippen molar-refractivity contribution in [2.45, 2.75) is 102 Å². The number of aryl methyl sites for hydroxylation is 1. The minimum atomic E-state index is -0.112. The molecule has 30 heavy (non-hydrogen) atoms. The molecule has 0 N–H and O–H groups in total. The lowest BCUT2D eigenvalue weighted by Crippen LogP contribution is -2.50. The Balaban J connectivity index is 1.41. The summed E-state index contributed by atoms with van der Waals surface area (Å²) in [6.45, 7) is 9.22. The van der Waals surface area contributed by atoms with Gasteiger partial charge >= 0.3 is 6.09 Å². The van der Waals surface area contributed by atoms with Crippen LogP contribution in [0.25, 0.3) is 0 Å². The van der Waals surface area contributed by atoms with Crippen LogP contribution >= 0.6 is 0 Å². The zero-order chi connectivity index (χ0) is 21.1. The topological polar surface area (TPSA) is 32.8 Å². The second kappa shape index (κ2) is 9.30. The Labute approximate surface area is 183 Å². The van der Waals surface area contributed by atoms with Crippen LogP contribution in [0.5, 0.6) is 0 Å². The molecule has 2 saturated heterocycles. The molecule has 0 bridgehead atoms. The average Bonchev–Trinajstić information content (AvgIpc) is 3.13. The number of rotatable bonds is 5. The van der Waals surface area contributed by atoms with E-state index in [-0.39, 0.29) is 6.09 Å². The number of hydrogen-bond donors (Lipinski definition) is 0. The van der Waals surface area contributed by atoms with E-state index in [0.717, 1.165) is 25.7 Å². The maximum atomic E-state index is 12.5. The predicted octanol–water partition coefficient (Wildman–Crippen LogP) is 5.53. The fourth-order valence-electron chi connectivity index (χ4n) is 6.56. The third-order valence-corrected chi connectivity index (χ3v) is 8.24. The van der Waals surface area contributed by atoms with Gasteiger partial charge in [0, 0.05) is 18.1 Å². The number of amides is 1. The first kappa shape index (κ1) is 21.7. The Hall–Kier alpha value is -1.55. The number of hydrogen-bond acceptors (Lipinski definition) is 3. The number of piperidine rings is 1. The smallest absolute Gasteiger partial charge is 0.410 e. The van der Waals surface area contributed by atoms with Gasteiger partial charge in [-0.05, 0) is 101 Å². The van der Waals surface area contributed by atoms with Crippen LogP contribution in [0.15, 0.2) is 24.3 Å². The first-order chi connectivity index (χ1) is 14.6. The van der Waals surface area contributed by atoms with E-state index in [4.69, 9.17) is 4.74 Å². The number of likely N-dealkylation sites (tertiary alicyclic amines) is 2. The van der Waals surface area contributed by atoms with Gasteiger partial charge in [0.15, 0.2) is 0 Å². The molecule has 0 radical (unpaired) electrons. The first-order valence-electron chi connectivity index (χ1n) is 12.4. The van der Waals surface area contributed by atoms with Crippen molar-refractivity contribution in [3.63, 3.8) is 0 Å². The summed E-state index contributed by atoms with van der Waals surface area (Å²) in [6.07, 6.45) is 10.8. The van der Waals surface area contributed by atoms with Crippen molar-refractivity contribution >= 4 is 6.09 Å². The summed E-state index contributed by atoms with van der Waals surface area (Å²) >= 11 is 0. The van der Waals surface area contributed by atoms with Crippen LogP contribution in [0.1, 0.15) is 83.3 Å². The normalized spacial score (nSPS) is 27.1. The van der Waals surface area contributed by atoms with Crippen molar-refractivity contribution in [2.24, 2.45) is 0 Å². The van der Waals surface area contributed by atoms with Gasteiger partial charge < -0.3 is 14.5 Å². The lowest BCUT2D eigenvalue weighted by molar-refractivity contribution is 0.0645. The molecule has 2 heterocycles. The van der Waals surface area contributed by atoms with Gasteiger partial charge in [0.2, 0.25) is 0 Å². The van der Waals surface area contributed by atoms with Gasteiger partial charge in [-0.1, -0.05) is 31.2 Å². The van der Waals surface area contributed by atoms with Crippen LogP contribution in [0.3, 0.4) is 0 Å². The molecule has 2 fully saturated rings. The lowest BCUT2D eigenvalue weighted by atomic mass is 9.64. The molecule has 3 aliphatic rings. The molecule has 1 aromatic carbocycles. The molecule has 4 nitrogen and oxygen atoms in total. The molecule has 0 saturated carbocycles. The summed E-state index contributed by atoms with van der Waals surface area (Å²) in [5.74, 6) is 0. The fraction of sp³-hybridized carbons (Fsp3) is 0.731. The summed E-state index contributed by atoms with van der Waals surface area (Å²) < 4.78 is 5.37. The minimum absolute atomic E-state index is 0.112. The second-order valence-electron chi connectivity index (χ2n) is 9.81. The number of benzene rings is 1. The molecule has 1 aromatic rings. The first-order valence-corrected chi connectivity index (χ1v) is 12.4. The number of nitrogens with zero attached hydrogens (tertiary/aromatic N) is 2. The average molecular weight is 413 g/mol. The van der Waals surface area contributed by atoms with E-state index in [1.54, 1.807) is 11.1 Å². The van der Waals surface area contributed by atoms with E-state index in [9.17, 15) is 4.79 Å². The van der Waals surface area contributed by atoms with E-state index >= 15 is 0 Å². The minimum Gasteiger partial charge on any atom is -0.450 e. The van der Waals surface area contributed by atoms with Crippen LogP contribution in [-0.4, -0.2) is 53.7 Å². The molecule has 1 amide bonds. The molecule has 4 heteroatoms. The predicted molar refractivity (Wildman–Crippen MR) is 122 cm³/mol. The third kappa shape index (κ3) is 4.12. The highest BCUT2D eigenvalue weighted by Crippen LogP contribution is 2.45. The van der Waals surface area contributed by atoms with Gasteiger partial charge in [0.1, 0.15) is 0 Å². The van der Waals surface area contributed by atoms with Gasteiger partial charge in [-0.25, -0.2) is 4.79 Å². The quantitative estimate of drug-likeness (QED) is 0.637. The maximum absolute atomic E-state index is 12.5. The van der Waals surface area contributed by atoms with Crippen molar-refractivity contribution < 1.29 is 9.53 Å². The molecule has 3 unspecified atom stereocenters. The van der Waals surface area contributed by atoms with E-state index in [1.165, 1.54) is 45.2 Å². The van der Waals surface area contributed by atoms with Crippen LogP contribution in [0.2, 0.25) is 0 Å². The number of fused-ring (bicyclic) bond motifs is 2. The molecular weight excluding hydrogens is 372 g/mol. The van der Waals surface area contributed by atoms with Crippen LogP contribution in [0.4, 0.5) is 4.79 Å². The van der Waals surface area contributed by atoms with E-state index in [0.29, 0.717) is 30.1 Å².